The molecule has 4 aromatic rings. The number of hydrogen-bond acceptors (Lipinski definition) is 6. The summed E-state index contributed by atoms with van der Waals surface area (Å²) in [6.45, 7) is 2.16. The Bertz CT molecular complexity index is 1370. The standard InChI is InChI=1S/C26H27FN6O2/c1-33-9-8-18(14-33)29-26(34)16-6-7-21(17(10-16)15-35-2)31-25-13-28-12-24(32-25)23-11-19-20(27)4-3-5-22(19)30-23/h3-7,10-13,18,30H,8-9,14-15H2,1-2H3,(H,29,34)(H,31,32). The Labute approximate surface area is 202 Å². The predicted octanol–water partition coefficient (Wildman–Crippen LogP) is 4.09. The fourth-order valence-electron chi connectivity index (χ4n) is 4.40. The molecule has 180 valence electrons. The molecule has 0 radical (unpaired) electrons. The molecule has 1 atom stereocenters. The summed E-state index contributed by atoms with van der Waals surface area (Å²) in [5, 5.41) is 6.89. The topological polar surface area (TPSA) is 95.2 Å². The molecule has 5 rings (SSSR count). The van der Waals surface area contributed by atoms with E-state index in [4.69, 9.17) is 4.74 Å². The van der Waals surface area contributed by atoms with Crippen molar-refractivity contribution in [3.8, 4) is 11.4 Å². The maximum atomic E-state index is 14.1. The van der Waals surface area contributed by atoms with Gasteiger partial charge in [-0.05, 0) is 56.4 Å². The molecular formula is C26H27FN6O2. The van der Waals surface area contributed by atoms with Crippen molar-refractivity contribution in [2.24, 2.45) is 0 Å². The van der Waals surface area contributed by atoms with Crippen LogP contribution in [0.5, 0.6) is 0 Å². The molecule has 1 aliphatic heterocycles. The lowest BCUT2D eigenvalue weighted by Crippen LogP contribution is -2.36. The molecule has 1 fully saturated rings. The van der Waals surface area contributed by atoms with E-state index in [1.54, 1.807) is 37.7 Å². The van der Waals surface area contributed by atoms with E-state index in [1.165, 1.54) is 6.07 Å². The van der Waals surface area contributed by atoms with Gasteiger partial charge in [-0.3, -0.25) is 9.78 Å². The number of nitrogens with zero attached hydrogens (tertiary/aromatic N) is 3. The number of likely N-dealkylation sites (tertiary alicyclic amines) is 1. The Kier molecular flexibility index (Phi) is 6.43. The number of likely N-dealkylation sites (N-methyl/N-ethyl adjacent to an activating group) is 1. The zero-order valence-electron chi connectivity index (χ0n) is 19.6. The van der Waals surface area contributed by atoms with Gasteiger partial charge in [0.15, 0.2) is 0 Å². The van der Waals surface area contributed by atoms with Crippen molar-refractivity contribution in [3.05, 3.63) is 71.8 Å². The van der Waals surface area contributed by atoms with Crippen LogP contribution in [0.25, 0.3) is 22.3 Å². The smallest absolute Gasteiger partial charge is 0.251 e. The highest BCUT2D eigenvalue weighted by Crippen LogP contribution is 2.27. The van der Waals surface area contributed by atoms with Gasteiger partial charge in [0.25, 0.3) is 5.91 Å². The second-order valence-corrected chi connectivity index (χ2v) is 8.82. The molecule has 1 aliphatic rings. The third-order valence-corrected chi connectivity index (χ3v) is 6.18. The van der Waals surface area contributed by atoms with Gasteiger partial charge in [-0.2, -0.15) is 0 Å². The monoisotopic (exact) mass is 474 g/mol. The maximum Gasteiger partial charge on any atom is 0.251 e. The average Bonchev–Trinajstić information content (AvgIpc) is 3.47. The van der Waals surface area contributed by atoms with Crippen LogP contribution in [0.4, 0.5) is 15.9 Å². The van der Waals surface area contributed by atoms with Gasteiger partial charge >= 0.3 is 0 Å². The summed E-state index contributed by atoms with van der Waals surface area (Å²) in [7, 11) is 3.66. The van der Waals surface area contributed by atoms with E-state index in [0.717, 1.165) is 30.8 Å². The highest BCUT2D eigenvalue weighted by Gasteiger charge is 2.22. The molecule has 1 saturated heterocycles. The molecular weight excluding hydrogens is 447 g/mol. The Morgan fingerprint density at radius 2 is 2.14 bits per heavy atom. The van der Waals surface area contributed by atoms with Crippen LogP contribution >= 0.6 is 0 Å². The molecule has 0 bridgehead atoms. The lowest BCUT2D eigenvalue weighted by Gasteiger charge is -2.15. The number of aromatic amines is 1. The summed E-state index contributed by atoms with van der Waals surface area (Å²) in [5.41, 5.74) is 4.11. The van der Waals surface area contributed by atoms with E-state index >= 15 is 0 Å². The summed E-state index contributed by atoms with van der Waals surface area (Å²) in [4.78, 5) is 27.1. The van der Waals surface area contributed by atoms with Crippen molar-refractivity contribution in [2.45, 2.75) is 19.1 Å². The average molecular weight is 475 g/mol. The van der Waals surface area contributed by atoms with Crippen molar-refractivity contribution in [3.63, 3.8) is 0 Å². The fraction of sp³-hybridized carbons (Fsp3) is 0.269. The van der Waals surface area contributed by atoms with E-state index in [2.05, 4.69) is 37.5 Å². The lowest BCUT2D eigenvalue weighted by molar-refractivity contribution is 0.0938. The minimum absolute atomic E-state index is 0.0953. The van der Waals surface area contributed by atoms with Gasteiger partial charge in [0.1, 0.15) is 17.3 Å². The van der Waals surface area contributed by atoms with Gasteiger partial charge in [0.2, 0.25) is 0 Å². The molecule has 0 spiro atoms. The number of rotatable bonds is 7. The third-order valence-electron chi connectivity index (χ3n) is 6.18. The zero-order valence-corrected chi connectivity index (χ0v) is 19.6. The van der Waals surface area contributed by atoms with Crippen LogP contribution in [-0.4, -0.2) is 59.0 Å². The van der Waals surface area contributed by atoms with E-state index in [0.29, 0.717) is 40.3 Å². The Morgan fingerprint density at radius 1 is 1.26 bits per heavy atom. The number of aromatic nitrogens is 3. The molecule has 0 aliphatic carbocycles. The van der Waals surface area contributed by atoms with E-state index < -0.39 is 0 Å². The van der Waals surface area contributed by atoms with Crippen molar-refractivity contribution in [1.29, 1.82) is 0 Å². The number of fused-ring (bicyclic) bond motifs is 1. The molecule has 1 unspecified atom stereocenters. The SMILES string of the molecule is COCc1cc(C(=O)NC2CCN(C)C2)ccc1Nc1cncc(-c2cc3c(F)cccc3[nH]2)n1. The fourth-order valence-corrected chi connectivity index (χ4v) is 4.40. The second-order valence-electron chi connectivity index (χ2n) is 8.82. The number of nitrogens with one attached hydrogen (secondary N) is 3. The predicted molar refractivity (Wildman–Crippen MR) is 133 cm³/mol. The van der Waals surface area contributed by atoms with Gasteiger partial charge in [0.05, 0.1) is 24.7 Å². The summed E-state index contributed by atoms with van der Waals surface area (Å²) in [6.07, 6.45) is 4.18. The van der Waals surface area contributed by atoms with E-state index in [9.17, 15) is 9.18 Å². The van der Waals surface area contributed by atoms with Crippen LogP contribution in [0.3, 0.4) is 0 Å². The van der Waals surface area contributed by atoms with Gasteiger partial charge in [-0.25, -0.2) is 9.37 Å². The first kappa shape index (κ1) is 22.9. The highest BCUT2D eigenvalue weighted by atomic mass is 19.1. The number of amides is 1. The lowest BCUT2D eigenvalue weighted by atomic mass is 10.1. The number of halogens is 1. The normalized spacial score (nSPS) is 16.0. The number of H-pyrrole nitrogens is 1. The van der Waals surface area contributed by atoms with Gasteiger partial charge in [0, 0.05) is 47.4 Å². The largest absolute Gasteiger partial charge is 0.380 e. The second kappa shape index (κ2) is 9.81. The number of benzene rings is 2. The van der Waals surface area contributed by atoms with Gasteiger partial charge in [-0.15, -0.1) is 0 Å². The molecule has 9 heteroatoms. The van der Waals surface area contributed by atoms with E-state index in [-0.39, 0.29) is 17.8 Å². The van der Waals surface area contributed by atoms with Gasteiger partial charge < -0.3 is 25.3 Å². The third kappa shape index (κ3) is 5.01. The molecule has 2 aromatic carbocycles. The number of hydrogen-bond donors (Lipinski definition) is 3. The molecule has 1 amide bonds. The minimum Gasteiger partial charge on any atom is -0.380 e. The Morgan fingerprint density at radius 3 is 2.91 bits per heavy atom. The van der Waals surface area contributed by atoms with Crippen LogP contribution in [0.2, 0.25) is 0 Å². The molecule has 3 N–H and O–H groups in total. The zero-order chi connectivity index (χ0) is 24.4. The van der Waals surface area contributed by atoms with Gasteiger partial charge in [-0.1, -0.05) is 6.07 Å². The number of methoxy groups -OCH3 is 1. The van der Waals surface area contributed by atoms with Crippen molar-refractivity contribution in [2.75, 3.05) is 32.6 Å². The first-order valence-corrected chi connectivity index (χ1v) is 11.5. The maximum absolute atomic E-state index is 14.1. The van der Waals surface area contributed by atoms with Crippen LogP contribution < -0.4 is 10.6 Å². The highest BCUT2D eigenvalue weighted by molar-refractivity contribution is 5.95. The summed E-state index contributed by atoms with van der Waals surface area (Å²) in [5.74, 6) is 0.132. The van der Waals surface area contributed by atoms with Crippen LogP contribution in [0.15, 0.2) is 54.9 Å². The number of carbonyl (C=O) groups is 1. The van der Waals surface area contributed by atoms with Crippen LogP contribution in [0, 0.1) is 5.82 Å². The Balaban J connectivity index is 1.37. The first-order valence-electron chi connectivity index (χ1n) is 11.5. The molecule has 8 nitrogen and oxygen atoms in total. The number of anilines is 2. The van der Waals surface area contributed by atoms with Crippen LogP contribution in [-0.2, 0) is 11.3 Å². The quantitative estimate of drug-likeness (QED) is 0.374. The summed E-state index contributed by atoms with van der Waals surface area (Å²) < 4.78 is 19.5. The summed E-state index contributed by atoms with van der Waals surface area (Å²) >= 11 is 0. The molecule has 35 heavy (non-hydrogen) atoms. The van der Waals surface area contributed by atoms with Crippen molar-refractivity contribution in [1.82, 2.24) is 25.2 Å². The number of ether oxygens (including phenoxy) is 1. The molecule has 3 heterocycles. The Hall–Kier alpha value is -3.82. The minimum atomic E-state index is -0.291. The molecule has 0 saturated carbocycles. The summed E-state index contributed by atoms with van der Waals surface area (Å²) in [6, 6.07) is 12.3. The van der Waals surface area contributed by atoms with Crippen LogP contribution in [0.1, 0.15) is 22.3 Å². The molecule has 2 aromatic heterocycles. The van der Waals surface area contributed by atoms with E-state index in [1.807, 2.05) is 18.2 Å². The van der Waals surface area contributed by atoms with Crippen molar-refractivity contribution < 1.29 is 13.9 Å². The first-order chi connectivity index (χ1) is 17.0. The number of carbonyl (C=O) groups excluding carboxylic acids is 1. The van der Waals surface area contributed by atoms with Crippen molar-refractivity contribution >= 4 is 28.3 Å².